The van der Waals surface area contributed by atoms with Crippen LogP contribution in [0.1, 0.15) is 36.5 Å². The summed E-state index contributed by atoms with van der Waals surface area (Å²) in [6, 6.07) is -0.369. The Hall–Kier alpha value is -1.21. The maximum absolute atomic E-state index is 11.3. The molecule has 1 fully saturated rings. The highest BCUT2D eigenvalue weighted by molar-refractivity contribution is 7.91. The van der Waals surface area contributed by atoms with Crippen LogP contribution in [0.25, 0.3) is 0 Å². The third-order valence-electron chi connectivity index (χ3n) is 2.79. The van der Waals surface area contributed by atoms with Gasteiger partial charge in [0.15, 0.2) is 15.7 Å². The van der Waals surface area contributed by atoms with E-state index in [-0.39, 0.29) is 23.5 Å². The molecule has 0 bridgehead atoms. The molecule has 1 aromatic rings. The summed E-state index contributed by atoms with van der Waals surface area (Å²) in [5.41, 5.74) is 5.79. The number of rotatable bonds is 4. The smallest absolute Gasteiger partial charge is 0.243 e. The summed E-state index contributed by atoms with van der Waals surface area (Å²) >= 11 is 0. The molecule has 2 heterocycles. The fourth-order valence-corrected chi connectivity index (χ4v) is 3.58. The summed E-state index contributed by atoms with van der Waals surface area (Å²) in [7, 11) is -2.93. The molecule has 2 N–H and O–H groups in total. The highest BCUT2D eigenvalue weighted by Crippen LogP contribution is 2.27. The van der Waals surface area contributed by atoms with Crippen LogP contribution in [0.3, 0.4) is 0 Å². The van der Waals surface area contributed by atoms with Gasteiger partial charge in [-0.1, -0.05) is 11.2 Å². The third-order valence-corrected chi connectivity index (χ3v) is 4.56. The zero-order chi connectivity index (χ0) is 12.5. The van der Waals surface area contributed by atoms with Gasteiger partial charge in [0.25, 0.3) is 0 Å². The number of hydrogen-bond acceptors (Lipinski definition) is 6. The average Bonchev–Trinajstić information content (AvgIpc) is 2.84. The summed E-state index contributed by atoms with van der Waals surface area (Å²) in [4.78, 5) is 4.16. The van der Waals surface area contributed by atoms with Crippen LogP contribution in [-0.4, -0.2) is 30.1 Å². The molecule has 2 unspecified atom stereocenters. The van der Waals surface area contributed by atoms with Gasteiger partial charge < -0.3 is 10.3 Å². The second-order valence-corrected chi connectivity index (χ2v) is 6.45. The minimum Gasteiger partial charge on any atom is -0.338 e. The van der Waals surface area contributed by atoms with Crippen LogP contribution in [0, 0.1) is 0 Å². The first-order valence-corrected chi connectivity index (χ1v) is 7.24. The van der Waals surface area contributed by atoms with Crippen molar-refractivity contribution in [1.82, 2.24) is 10.1 Å². The number of hydrogen-bond donors (Lipinski definition) is 1. The molecule has 0 spiro atoms. The topological polar surface area (TPSA) is 99.1 Å². The molecule has 0 amide bonds. The largest absolute Gasteiger partial charge is 0.338 e. The maximum Gasteiger partial charge on any atom is 0.243 e. The van der Waals surface area contributed by atoms with E-state index < -0.39 is 9.84 Å². The van der Waals surface area contributed by atoms with Crippen LogP contribution >= 0.6 is 0 Å². The fraction of sp³-hybridized carbons (Fsp3) is 0.600. The molecule has 0 saturated carbocycles. The van der Waals surface area contributed by atoms with Gasteiger partial charge in [-0.2, -0.15) is 4.98 Å². The molecule has 94 valence electrons. The summed E-state index contributed by atoms with van der Waals surface area (Å²) in [5, 5.41) is 3.80. The van der Waals surface area contributed by atoms with Crippen molar-refractivity contribution in [3.05, 3.63) is 24.4 Å². The van der Waals surface area contributed by atoms with Crippen molar-refractivity contribution in [3.63, 3.8) is 0 Å². The molecule has 1 aliphatic rings. The third kappa shape index (κ3) is 2.73. The van der Waals surface area contributed by atoms with Crippen LogP contribution in [0.5, 0.6) is 0 Å². The predicted molar refractivity (Wildman–Crippen MR) is 62.1 cm³/mol. The van der Waals surface area contributed by atoms with Gasteiger partial charge in [-0.05, 0) is 12.8 Å². The number of aromatic nitrogens is 2. The van der Waals surface area contributed by atoms with Crippen molar-refractivity contribution in [2.75, 3.05) is 11.5 Å². The van der Waals surface area contributed by atoms with Gasteiger partial charge >= 0.3 is 0 Å². The van der Waals surface area contributed by atoms with Crippen LogP contribution in [0.4, 0.5) is 0 Å². The van der Waals surface area contributed by atoms with Gasteiger partial charge in [0.2, 0.25) is 5.89 Å². The summed E-state index contributed by atoms with van der Waals surface area (Å²) in [5.74, 6) is 0.918. The lowest BCUT2D eigenvalue weighted by molar-refractivity contribution is 0.349. The minimum absolute atomic E-state index is 0.0999. The average molecular weight is 257 g/mol. The van der Waals surface area contributed by atoms with E-state index in [0.717, 1.165) is 0 Å². The Labute approximate surface area is 99.8 Å². The molecule has 7 heteroatoms. The Kier molecular flexibility index (Phi) is 3.30. The van der Waals surface area contributed by atoms with Gasteiger partial charge in [0, 0.05) is 5.92 Å². The summed E-state index contributed by atoms with van der Waals surface area (Å²) in [6.45, 7) is 3.58. The quantitative estimate of drug-likeness (QED) is 0.791. The lowest BCUT2D eigenvalue weighted by Gasteiger charge is -2.01. The first-order valence-electron chi connectivity index (χ1n) is 5.42. The molecule has 17 heavy (non-hydrogen) atoms. The van der Waals surface area contributed by atoms with E-state index in [0.29, 0.717) is 24.6 Å². The van der Waals surface area contributed by atoms with E-state index in [1.807, 2.05) is 0 Å². The van der Waals surface area contributed by atoms with Crippen molar-refractivity contribution in [2.45, 2.75) is 24.8 Å². The van der Waals surface area contributed by atoms with Gasteiger partial charge in [-0.15, -0.1) is 6.58 Å². The van der Waals surface area contributed by atoms with Crippen molar-refractivity contribution in [1.29, 1.82) is 0 Å². The molecule has 2 atom stereocenters. The molecule has 1 aromatic heterocycles. The molecule has 2 rings (SSSR count). The van der Waals surface area contributed by atoms with E-state index in [1.165, 1.54) is 0 Å². The predicted octanol–water partition coefficient (Wildman–Crippen LogP) is 0.548. The number of nitrogens with zero attached hydrogens (tertiary/aromatic N) is 2. The molecule has 1 saturated heterocycles. The number of sulfone groups is 1. The molecule has 0 aliphatic carbocycles. The Morgan fingerprint density at radius 1 is 1.65 bits per heavy atom. The summed E-state index contributed by atoms with van der Waals surface area (Å²) in [6.07, 6.45) is 2.77. The highest BCUT2D eigenvalue weighted by Gasteiger charge is 2.32. The minimum atomic E-state index is -2.93. The van der Waals surface area contributed by atoms with Crippen LogP contribution in [-0.2, 0) is 9.84 Å². The zero-order valence-corrected chi connectivity index (χ0v) is 10.2. The maximum atomic E-state index is 11.3. The number of nitrogens with two attached hydrogens (primary N) is 1. The van der Waals surface area contributed by atoms with Gasteiger partial charge in [0.05, 0.1) is 17.5 Å². The van der Waals surface area contributed by atoms with Crippen molar-refractivity contribution >= 4 is 9.84 Å². The van der Waals surface area contributed by atoms with E-state index in [9.17, 15) is 8.42 Å². The van der Waals surface area contributed by atoms with E-state index in [4.69, 9.17) is 10.3 Å². The molecule has 0 aromatic carbocycles. The van der Waals surface area contributed by atoms with E-state index >= 15 is 0 Å². The first kappa shape index (κ1) is 12.3. The van der Waals surface area contributed by atoms with Crippen LogP contribution in [0.15, 0.2) is 17.2 Å². The van der Waals surface area contributed by atoms with Crippen molar-refractivity contribution in [3.8, 4) is 0 Å². The van der Waals surface area contributed by atoms with Crippen LogP contribution < -0.4 is 5.73 Å². The zero-order valence-electron chi connectivity index (χ0n) is 9.37. The van der Waals surface area contributed by atoms with Gasteiger partial charge in [0.1, 0.15) is 0 Å². The van der Waals surface area contributed by atoms with Crippen LogP contribution in [0.2, 0.25) is 0 Å². The Morgan fingerprint density at radius 2 is 2.41 bits per heavy atom. The Morgan fingerprint density at radius 3 is 3.00 bits per heavy atom. The molecular formula is C10H15N3O3S. The van der Waals surface area contributed by atoms with E-state index in [2.05, 4.69) is 16.7 Å². The Balaban J connectivity index is 2.11. The second-order valence-electron chi connectivity index (χ2n) is 4.22. The lowest BCUT2D eigenvalue weighted by atomic mass is 10.1. The molecular weight excluding hydrogens is 242 g/mol. The van der Waals surface area contributed by atoms with Gasteiger partial charge in [-0.25, -0.2) is 8.42 Å². The normalized spacial score (nSPS) is 24.6. The van der Waals surface area contributed by atoms with Crippen molar-refractivity contribution in [2.24, 2.45) is 5.73 Å². The van der Waals surface area contributed by atoms with E-state index in [1.54, 1.807) is 6.08 Å². The van der Waals surface area contributed by atoms with Gasteiger partial charge in [-0.3, -0.25) is 0 Å². The fourth-order valence-electron chi connectivity index (χ4n) is 1.84. The highest BCUT2D eigenvalue weighted by atomic mass is 32.2. The first-order chi connectivity index (χ1) is 8.02. The molecule has 1 aliphatic heterocycles. The lowest BCUT2D eigenvalue weighted by Crippen LogP contribution is -2.10. The Bertz CT molecular complexity index is 509. The SMILES string of the molecule is C=CCC(N)c1nc(C2CCS(=O)(=O)C2)no1. The monoisotopic (exact) mass is 257 g/mol. The second kappa shape index (κ2) is 4.58. The standard InChI is InChI=1S/C10H15N3O3S/c1-2-3-8(11)10-12-9(13-16-10)7-4-5-17(14,15)6-7/h2,7-8H,1,3-6,11H2. The molecule has 0 radical (unpaired) electrons. The summed E-state index contributed by atoms with van der Waals surface area (Å²) < 4.78 is 27.7. The van der Waals surface area contributed by atoms with Crippen molar-refractivity contribution < 1.29 is 12.9 Å². The molecule has 6 nitrogen and oxygen atoms in total.